The van der Waals surface area contributed by atoms with E-state index in [1.807, 2.05) is 36.4 Å². The minimum atomic E-state index is -0.141. The molecule has 1 aromatic heterocycles. The van der Waals surface area contributed by atoms with E-state index in [0.717, 1.165) is 29.0 Å². The summed E-state index contributed by atoms with van der Waals surface area (Å²) in [5.41, 5.74) is 3.32. The zero-order valence-electron chi connectivity index (χ0n) is 17.2. The molecular weight excluding hydrogens is 386 g/mol. The molecule has 152 valence electrons. The van der Waals surface area contributed by atoms with Crippen molar-refractivity contribution in [1.82, 2.24) is 14.9 Å². The second kappa shape index (κ2) is 8.70. The first-order valence-electron chi connectivity index (χ1n) is 9.53. The highest BCUT2D eigenvalue weighted by molar-refractivity contribution is 6.31. The lowest BCUT2D eigenvalue weighted by molar-refractivity contribution is 0.0942. The normalized spacial score (nSPS) is 11.3. The van der Waals surface area contributed by atoms with Crippen LogP contribution in [0.5, 0.6) is 5.75 Å². The Bertz CT molecular complexity index is 1010. The topological polar surface area (TPSA) is 56.2 Å². The number of nitrogens with zero attached hydrogens (tertiary/aromatic N) is 2. The van der Waals surface area contributed by atoms with E-state index in [-0.39, 0.29) is 11.3 Å². The van der Waals surface area contributed by atoms with Crippen molar-refractivity contribution in [1.29, 1.82) is 0 Å². The van der Waals surface area contributed by atoms with Gasteiger partial charge in [0, 0.05) is 22.8 Å². The number of imidazole rings is 1. The molecule has 0 unspecified atom stereocenters. The Balaban J connectivity index is 1.89. The lowest BCUT2D eigenvalue weighted by Gasteiger charge is -2.18. The number of amides is 1. The molecule has 0 atom stereocenters. The molecule has 0 aliphatic carbocycles. The van der Waals surface area contributed by atoms with Crippen molar-refractivity contribution in [3.8, 4) is 22.6 Å². The zero-order chi connectivity index (χ0) is 21.0. The van der Waals surface area contributed by atoms with Crippen molar-refractivity contribution in [2.75, 3.05) is 13.7 Å². The first-order chi connectivity index (χ1) is 13.8. The first-order valence-corrected chi connectivity index (χ1v) is 9.91. The number of methoxy groups -OCH3 is 1. The van der Waals surface area contributed by atoms with E-state index in [0.29, 0.717) is 17.3 Å². The van der Waals surface area contributed by atoms with Gasteiger partial charge >= 0.3 is 0 Å². The highest BCUT2D eigenvalue weighted by Crippen LogP contribution is 2.33. The number of benzene rings is 2. The fraction of sp³-hybridized carbons (Fsp3) is 0.304. The molecular formula is C23H26ClN3O2. The SMILES string of the molecule is COc1ccc(Cl)cc1-c1cccc(-n2cncc2C(=O)NCCC(C)(C)C)c1. The number of nitrogens with one attached hydrogen (secondary N) is 1. The summed E-state index contributed by atoms with van der Waals surface area (Å²) in [6.07, 6.45) is 4.13. The summed E-state index contributed by atoms with van der Waals surface area (Å²) < 4.78 is 7.26. The third-order valence-electron chi connectivity index (χ3n) is 4.63. The Morgan fingerprint density at radius 1 is 1.21 bits per heavy atom. The summed E-state index contributed by atoms with van der Waals surface area (Å²) in [5.74, 6) is 0.592. The molecule has 3 rings (SSSR count). The van der Waals surface area contributed by atoms with Gasteiger partial charge in [-0.1, -0.05) is 44.5 Å². The van der Waals surface area contributed by atoms with Gasteiger partial charge in [-0.2, -0.15) is 0 Å². The van der Waals surface area contributed by atoms with Crippen molar-refractivity contribution in [3.63, 3.8) is 0 Å². The predicted molar refractivity (Wildman–Crippen MR) is 117 cm³/mol. The van der Waals surface area contributed by atoms with Gasteiger partial charge in [0.05, 0.1) is 19.6 Å². The molecule has 2 aromatic carbocycles. The number of hydrogen-bond acceptors (Lipinski definition) is 3. The quantitative estimate of drug-likeness (QED) is 0.593. The zero-order valence-corrected chi connectivity index (χ0v) is 18.0. The van der Waals surface area contributed by atoms with Crippen molar-refractivity contribution >= 4 is 17.5 Å². The Morgan fingerprint density at radius 3 is 2.72 bits per heavy atom. The minimum absolute atomic E-state index is 0.141. The average molecular weight is 412 g/mol. The number of carbonyl (C=O) groups is 1. The second-order valence-electron chi connectivity index (χ2n) is 8.11. The van der Waals surface area contributed by atoms with E-state index < -0.39 is 0 Å². The van der Waals surface area contributed by atoms with E-state index in [4.69, 9.17) is 16.3 Å². The molecule has 1 N–H and O–H groups in total. The summed E-state index contributed by atoms with van der Waals surface area (Å²) in [6.45, 7) is 7.07. The number of ether oxygens (including phenoxy) is 1. The van der Waals surface area contributed by atoms with Gasteiger partial charge in [0.15, 0.2) is 0 Å². The summed E-state index contributed by atoms with van der Waals surface area (Å²) >= 11 is 6.19. The van der Waals surface area contributed by atoms with E-state index >= 15 is 0 Å². The molecule has 29 heavy (non-hydrogen) atoms. The van der Waals surface area contributed by atoms with E-state index in [1.54, 1.807) is 30.3 Å². The Hall–Kier alpha value is -2.79. The molecule has 0 aliphatic rings. The summed E-state index contributed by atoms with van der Waals surface area (Å²) in [7, 11) is 1.63. The minimum Gasteiger partial charge on any atom is -0.496 e. The van der Waals surface area contributed by atoms with Crippen molar-refractivity contribution in [2.24, 2.45) is 5.41 Å². The van der Waals surface area contributed by atoms with E-state index in [2.05, 4.69) is 31.1 Å². The van der Waals surface area contributed by atoms with Crippen LogP contribution in [0.3, 0.4) is 0 Å². The molecule has 0 fully saturated rings. The maximum atomic E-state index is 12.7. The van der Waals surface area contributed by atoms with Gasteiger partial charge in [0.1, 0.15) is 11.4 Å². The maximum absolute atomic E-state index is 12.7. The van der Waals surface area contributed by atoms with E-state index in [9.17, 15) is 4.79 Å². The summed E-state index contributed by atoms with van der Waals surface area (Å²) in [5, 5.41) is 3.62. The van der Waals surface area contributed by atoms with Gasteiger partial charge in [0.25, 0.3) is 5.91 Å². The second-order valence-corrected chi connectivity index (χ2v) is 8.55. The Kier molecular flexibility index (Phi) is 6.28. The van der Waals surface area contributed by atoms with E-state index in [1.165, 1.54) is 0 Å². The van der Waals surface area contributed by atoms with Crippen LogP contribution in [0, 0.1) is 5.41 Å². The van der Waals surface area contributed by atoms with Crippen LogP contribution < -0.4 is 10.1 Å². The van der Waals surface area contributed by atoms with Crippen molar-refractivity contribution in [2.45, 2.75) is 27.2 Å². The smallest absolute Gasteiger partial charge is 0.269 e. The third-order valence-corrected chi connectivity index (χ3v) is 4.86. The maximum Gasteiger partial charge on any atom is 0.269 e. The predicted octanol–water partition coefficient (Wildman–Crippen LogP) is 5.37. The van der Waals surface area contributed by atoms with Crippen molar-refractivity contribution in [3.05, 3.63) is 65.7 Å². The first kappa shape index (κ1) is 20.9. The van der Waals surface area contributed by atoms with Crippen LogP contribution in [-0.2, 0) is 0 Å². The molecule has 0 spiro atoms. The number of carbonyl (C=O) groups excluding carboxylic acids is 1. The van der Waals surface area contributed by atoms with Gasteiger partial charge < -0.3 is 10.1 Å². The van der Waals surface area contributed by atoms with Crippen molar-refractivity contribution < 1.29 is 9.53 Å². The lowest BCUT2D eigenvalue weighted by Crippen LogP contribution is -2.28. The van der Waals surface area contributed by atoms with Crippen LogP contribution in [-0.4, -0.2) is 29.1 Å². The molecule has 0 saturated carbocycles. The lowest BCUT2D eigenvalue weighted by atomic mass is 9.92. The fourth-order valence-corrected chi connectivity index (χ4v) is 3.21. The number of hydrogen-bond donors (Lipinski definition) is 1. The highest BCUT2D eigenvalue weighted by atomic mass is 35.5. The molecule has 0 radical (unpaired) electrons. The molecule has 6 heteroatoms. The Morgan fingerprint density at radius 2 is 2.00 bits per heavy atom. The average Bonchev–Trinajstić information content (AvgIpc) is 3.17. The third kappa shape index (κ3) is 5.18. The molecule has 5 nitrogen and oxygen atoms in total. The fourth-order valence-electron chi connectivity index (χ4n) is 3.04. The number of rotatable bonds is 6. The van der Waals surface area contributed by atoms with Crippen LogP contribution in [0.25, 0.3) is 16.8 Å². The summed E-state index contributed by atoms with van der Waals surface area (Å²) in [4.78, 5) is 16.9. The van der Waals surface area contributed by atoms with Crippen LogP contribution >= 0.6 is 11.6 Å². The number of halogens is 1. The van der Waals surface area contributed by atoms with Crippen LogP contribution in [0.1, 0.15) is 37.7 Å². The Labute approximate surface area is 176 Å². The molecule has 0 saturated heterocycles. The number of aromatic nitrogens is 2. The molecule has 1 heterocycles. The molecule has 0 aliphatic heterocycles. The molecule has 1 amide bonds. The van der Waals surface area contributed by atoms with Gasteiger partial charge in [-0.25, -0.2) is 4.98 Å². The highest BCUT2D eigenvalue weighted by Gasteiger charge is 2.16. The van der Waals surface area contributed by atoms with Gasteiger partial charge in [-0.05, 0) is 47.7 Å². The molecule has 0 bridgehead atoms. The van der Waals surface area contributed by atoms with Gasteiger partial charge in [-0.15, -0.1) is 0 Å². The largest absolute Gasteiger partial charge is 0.496 e. The van der Waals surface area contributed by atoms with Crippen LogP contribution in [0.4, 0.5) is 0 Å². The van der Waals surface area contributed by atoms with Gasteiger partial charge in [0.2, 0.25) is 0 Å². The summed E-state index contributed by atoms with van der Waals surface area (Å²) in [6, 6.07) is 13.4. The molecule has 3 aromatic rings. The standard InChI is InChI=1S/C23H26ClN3O2/c1-23(2,3)10-11-26-22(28)20-14-25-15-27(20)18-7-5-6-16(12-18)19-13-17(24)8-9-21(19)29-4/h5-9,12-15H,10-11H2,1-4H3,(H,26,28). The van der Waals surface area contributed by atoms with Crippen LogP contribution in [0.2, 0.25) is 5.02 Å². The van der Waals surface area contributed by atoms with Crippen LogP contribution in [0.15, 0.2) is 55.0 Å². The monoisotopic (exact) mass is 411 g/mol. The van der Waals surface area contributed by atoms with Gasteiger partial charge in [-0.3, -0.25) is 9.36 Å².